The van der Waals surface area contributed by atoms with Gasteiger partial charge in [0.15, 0.2) is 0 Å². The number of hydrogen-bond donors (Lipinski definition) is 1. The second-order valence-corrected chi connectivity index (χ2v) is 5.23. The highest BCUT2D eigenvalue weighted by molar-refractivity contribution is 6.30. The molecule has 2 aromatic heterocycles. The van der Waals surface area contributed by atoms with Gasteiger partial charge in [-0.3, -0.25) is 4.90 Å². The van der Waals surface area contributed by atoms with E-state index in [-0.39, 0.29) is 6.61 Å². The first-order chi connectivity index (χ1) is 8.76. The quantitative estimate of drug-likeness (QED) is 0.922. The Hall–Kier alpha value is -1.10. The first-order valence-electron chi connectivity index (χ1n) is 6.24. The van der Waals surface area contributed by atoms with Crippen molar-refractivity contribution in [2.45, 2.75) is 25.4 Å². The molecule has 0 saturated carbocycles. The molecule has 0 spiro atoms. The zero-order chi connectivity index (χ0) is 12.5. The molecular formula is C13H16ClN3O. The summed E-state index contributed by atoms with van der Waals surface area (Å²) in [7, 11) is 0. The van der Waals surface area contributed by atoms with E-state index < -0.39 is 0 Å². The van der Waals surface area contributed by atoms with Gasteiger partial charge >= 0.3 is 0 Å². The number of aromatic nitrogens is 2. The van der Waals surface area contributed by atoms with Gasteiger partial charge in [-0.1, -0.05) is 11.6 Å². The summed E-state index contributed by atoms with van der Waals surface area (Å²) >= 11 is 5.95. The van der Waals surface area contributed by atoms with Crippen LogP contribution in [0.2, 0.25) is 5.02 Å². The molecule has 1 saturated heterocycles. The molecule has 1 atom stereocenters. The van der Waals surface area contributed by atoms with Crippen LogP contribution in [-0.4, -0.2) is 38.6 Å². The van der Waals surface area contributed by atoms with E-state index in [1.54, 1.807) is 0 Å². The minimum Gasteiger partial charge on any atom is -0.395 e. The van der Waals surface area contributed by atoms with Crippen LogP contribution in [0.5, 0.6) is 0 Å². The number of imidazole rings is 1. The fraction of sp³-hybridized carbons (Fsp3) is 0.462. The Kier molecular flexibility index (Phi) is 3.24. The molecule has 0 radical (unpaired) electrons. The molecule has 1 fully saturated rings. The third kappa shape index (κ3) is 2.23. The maximum atomic E-state index is 9.31. The Labute approximate surface area is 111 Å². The molecule has 3 heterocycles. The van der Waals surface area contributed by atoms with Gasteiger partial charge in [0, 0.05) is 25.0 Å². The molecule has 0 aromatic carbocycles. The van der Waals surface area contributed by atoms with E-state index in [1.807, 2.05) is 28.9 Å². The second kappa shape index (κ2) is 4.88. The van der Waals surface area contributed by atoms with E-state index >= 15 is 0 Å². The van der Waals surface area contributed by atoms with Gasteiger partial charge in [0.2, 0.25) is 0 Å². The maximum Gasteiger partial charge on any atom is 0.137 e. The maximum absolute atomic E-state index is 9.31. The zero-order valence-electron chi connectivity index (χ0n) is 10.1. The Morgan fingerprint density at radius 1 is 1.39 bits per heavy atom. The van der Waals surface area contributed by atoms with E-state index in [4.69, 9.17) is 11.6 Å². The number of aliphatic hydroxyl groups is 1. The standard InChI is InChI=1S/C13H16ClN3O/c14-10-3-4-13-15-11(8-17(13)6-10)7-16-5-1-2-12(16)9-18/h3-4,6,8,12,18H,1-2,5,7,9H2/t12-/m0/s1. The Morgan fingerprint density at radius 3 is 3.11 bits per heavy atom. The summed E-state index contributed by atoms with van der Waals surface area (Å²) in [5, 5.41) is 10.0. The van der Waals surface area contributed by atoms with Crippen molar-refractivity contribution < 1.29 is 5.11 Å². The van der Waals surface area contributed by atoms with Crippen LogP contribution in [0.15, 0.2) is 24.5 Å². The molecule has 1 N–H and O–H groups in total. The van der Waals surface area contributed by atoms with Crippen LogP contribution < -0.4 is 0 Å². The molecule has 2 aromatic rings. The summed E-state index contributed by atoms with van der Waals surface area (Å²) in [5.41, 5.74) is 1.94. The molecule has 0 unspecified atom stereocenters. The highest BCUT2D eigenvalue weighted by Crippen LogP contribution is 2.20. The smallest absolute Gasteiger partial charge is 0.137 e. The van der Waals surface area contributed by atoms with Gasteiger partial charge in [0.1, 0.15) is 5.65 Å². The Bertz CT molecular complexity index is 554. The lowest BCUT2D eigenvalue weighted by Gasteiger charge is -2.21. The average molecular weight is 266 g/mol. The van der Waals surface area contributed by atoms with E-state index in [2.05, 4.69) is 9.88 Å². The Morgan fingerprint density at radius 2 is 2.28 bits per heavy atom. The van der Waals surface area contributed by atoms with Crippen molar-refractivity contribution in [1.29, 1.82) is 0 Å². The van der Waals surface area contributed by atoms with Crippen LogP contribution in [-0.2, 0) is 6.54 Å². The van der Waals surface area contributed by atoms with E-state index in [9.17, 15) is 5.11 Å². The fourth-order valence-corrected chi connectivity index (χ4v) is 2.78. The number of nitrogens with zero attached hydrogens (tertiary/aromatic N) is 3. The van der Waals surface area contributed by atoms with Crippen molar-refractivity contribution in [3.8, 4) is 0 Å². The van der Waals surface area contributed by atoms with Gasteiger partial charge in [0.25, 0.3) is 0 Å². The predicted molar refractivity (Wildman–Crippen MR) is 70.7 cm³/mol. The van der Waals surface area contributed by atoms with Crippen LogP contribution in [0.1, 0.15) is 18.5 Å². The topological polar surface area (TPSA) is 40.8 Å². The molecule has 0 amide bonds. The Balaban J connectivity index is 1.82. The summed E-state index contributed by atoms with van der Waals surface area (Å²) in [4.78, 5) is 6.86. The van der Waals surface area contributed by atoms with Gasteiger partial charge in [-0.2, -0.15) is 0 Å². The lowest BCUT2D eigenvalue weighted by molar-refractivity contribution is 0.152. The summed E-state index contributed by atoms with van der Waals surface area (Å²) in [5.74, 6) is 0. The second-order valence-electron chi connectivity index (χ2n) is 4.79. The van der Waals surface area contributed by atoms with Gasteiger partial charge in [-0.25, -0.2) is 4.98 Å². The fourth-order valence-electron chi connectivity index (χ4n) is 2.61. The SMILES string of the molecule is OC[C@@H]1CCCN1Cc1cn2cc(Cl)ccc2n1. The van der Waals surface area contributed by atoms with Crippen LogP contribution >= 0.6 is 11.6 Å². The lowest BCUT2D eigenvalue weighted by atomic mass is 10.2. The number of aliphatic hydroxyl groups excluding tert-OH is 1. The van der Waals surface area contributed by atoms with E-state index in [0.29, 0.717) is 11.1 Å². The molecule has 0 bridgehead atoms. The minimum atomic E-state index is 0.235. The molecule has 5 heteroatoms. The molecule has 3 rings (SSSR count). The lowest BCUT2D eigenvalue weighted by Crippen LogP contribution is -2.31. The highest BCUT2D eigenvalue weighted by atomic mass is 35.5. The van der Waals surface area contributed by atoms with Crippen LogP contribution in [0.4, 0.5) is 0 Å². The first-order valence-corrected chi connectivity index (χ1v) is 6.62. The molecule has 96 valence electrons. The average Bonchev–Trinajstić information content (AvgIpc) is 2.94. The molecule has 1 aliphatic rings. The predicted octanol–water partition coefficient (Wildman–Crippen LogP) is 1.94. The van der Waals surface area contributed by atoms with E-state index in [1.165, 1.54) is 0 Å². The van der Waals surface area contributed by atoms with Crippen LogP contribution in [0.3, 0.4) is 0 Å². The zero-order valence-corrected chi connectivity index (χ0v) is 10.8. The van der Waals surface area contributed by atoms with E-state index in [0.717, 1.165) is 37.3 Å². The highest BCUT2D eigenvalue weighted by Gasteiger charge is 2.24. The van der Waals surface area contributed by atoms with Crippen molar-refractivity contribution in [1.82, 2.24) is 14.3 Å². The van der Waals surface area contributed by atoms with Gasteiger partial charge in [-0.05, 0) is 31.5 Å². The molecule has 0 aliphatic carbocycles. The van der Waals surface area contributed by atoms with Crippen molar-refractivity contribution >= 4 is 17.2 Å². The number of rotatable bonds is 3. The van der Waals surface area contributed by atoms with Crippen LogP contribution in [0.25, 0.3) is 5.65 Å². The van der Waals surface area contributed by atoms with Gasteiger partial charge in [0.05, 0.1) is 17.3 Å². The van der Waals surface area contributed by atoms with Crippen molar-refractivity contribution in [3.63, 3.8) is 0 Å². The van der Waals surface area contributed by atoms with Crippen LogP contribution in [0, 0.1) is 0 Å². The molecular weight excluding hydrogens is 250 g/mol. The normalized spacial score (nSPS) is 20.9. The molecule has 4 nitrogen and oxygen atoms in total. The third-order valence-electron chi connectivity index (χ3n) is 3.54. The van der Waals surface area contributed by atoms with Crippen molar-refractivity contribution in [2.24, 2.45) is 0 Å². The number of hydrogen-bond acceptors (Lipinski definition) is 3. The third-order valence-corrected chi connectivity index (χ3v) is 3.76. The van der Waals surface area contributed by atoms with Crippen molar-refractivity contribution in [3.05, 3.63) is 35.2 Å². The monoisotopic (exact) mass is 265 g/mol. The number of halogens is 1. The minimum absolute atomic E-state index is 0.235. The summed E-state index contributed by atoms with van der Waals surface area (Å²) in [6.45, 7) is 2.07. The number of likely N-dealkylation sites (tertiary alicyclic amines) is 1. The number of pyridine rings is 1. The van der Waals surface area contributed by atoms with Crippen molar-refractivity contribution in [2.75, 3.05) is 13.2 Å². The largest absolute Gasteiger partial charge is 0.395 e. The first kappa shape index (κ1) is 12.0. The summed E-state index contributed by atoms with van der Waals surface area (Å²) in [6.07, 6.45) is 6.11. The van der Waals surface area contributed by atoms with Gasteiger partial charge in [-0.15, -0.1) is 0 Å². The van der Waals surface area contributed by atoms with Gasteiger partial charge < -0.3 is 9.51 Å². The molecule has 18 heavy (non-hydrogen) atoms. The summed E-state index contributed by atoms with van der Waals surface area (Å²) < 4.78 is 1.95. The molecule has 1 aliphatic heterocycles. The summed E-state index contributed by atoms with van der Waals surface area (Å²) in [6, 6.07) is 4.05. The number of fused-ring (bicyclic) bond motifs is 1.